The molecule has 0 radical (unpaired) electrons. The van der Waals surface area contributed by atoms with E-state index in [1.165, 1.54) is 18.8 Å². The second-order valence-corrected chi connectivity index (χ2v) is 5.74. The average molecular weight is 294 g/mol. The third-order valence-corrected chi connectivity index (χ3v) is 4.10. The predicted molar refractivity (Wildman–Crippen MR) is 77.0 cm³/mol. The number of carbonyl (C=O) groups is 2. The van der Waals surface area contributed by atoms with Crippen molar-refractivity contribution in [2.45, 2.75) is 32.1 Å². The molecule has 1 aromatic heterocycles. The van der Waals surface area contributed by atoms with Gasteiger partial charge in [-0.1, -0.05) is 19.3 Å². The molecule has 6 nitrogen and oxygen atoms in total. The van der Waals surface area contributed by atoms with Crippen LogP contribution in [0.1, 0.15) is 53.0 Å². The molecule has 1 saturated carbocycles. The molecule has 21 heavy (non-hydrogen) atoms. The lowest BCUT2D eigenvalue weighted by Gasteiger charge is -2.36. The van der Waals surface area contributed by atoms with Crippen LogP contribution in [0.3, 0.4) is 0 Å². The standard InChI is InChI=1S/C15H22N2O4/c1-20-10-15(5-3-2-4-6-15)9-17-14(19)12-7-11(8-21-12)13(16)18/h7-8H,2-6,9-10H2,1H3,(H2,16,18)(H,17,19). The van der Waals surface area contributed by atoms with Crippen molar-refractivity contribution >= 4 is 11.8 Å². The van der Waals surface area contributed by atoms with Gasteiger partial charge < -0.3 is 20.2 Å². The zero-order valence-corrected chi connectivity index (χ0v) is 12.3. The van der Waals surface area contributed by atoms with E-state index < -0.39 is 5.91 Å². The van der Waals surface area contributed by atoms with Crippen LogP contribution >= 0.6 is 0 Å². The maximum atomic E-state index is 12.1. The van der Waals surface area contributed by atoms with Gasteiger partial charge in [0.2, 0.25) is 0 Å². The Morgan fingerprint density at radius 1 is 1.38 bits per heavy atom. The van der Waals surface area contributed by atoms with Gasteiger partial charge in [0.05, 0.1) is 12.2 Å². The predicted octanol–water partition coefficient (Wildman–Crippen LogP) is 1.71. The largest absolute Gasteiger partial charge is 0.458 e. The van der Waals surface area contributed by atoms with Gasteiger partial charge in [-0.25, -0.2) is 0 Å². The smallest absolute Gasteiger partial charge is 0.287 e. The summed E-state index contributed by atoms with van der Waals surface area (Å²) in [7, 11) is 1.68. The second-order valence-electron chi connectivity index (χ2n) is 5.74. The topological polar surface area (TPSA) is 94.6 Å². The number of carbonyl (C=O) groups excluding carboxylic acids is 2. The first-order valence-corrected chi connectivity index (χ1v) is 7.22. The van der Waals surface area contributed by atoms with Gasteiger partial charge in [-0.2, -0.15) is 0 Å². The number of nitrogens with two attached hydrogens (primary N) is 1. The van der Waals surface area contributed by atoms with Gasteiger partial charge in [0, 0.05) is 25.1 Å². The maximum Gasteiger partial charge on any atom is 0.287 e. The van der Waals surface area contributed by atoms with E-state index in [-0.39, 0.29) is 22.6 Å². The second kappa shape index (κ2) is 6.76. The van der Waals surface area contributed by atoms with E-state index in [0.717, 1.165) is 25.7 Å². The van der Waals surface area contributed by atoms with Crippen LogP contribution in [0.15, 0.2) is 16.7 Å². The molecule has 1 aliphatic carbocycles. The van der Waals surface area contributed by atoms with Crippen LogP contribution in [0.4, 0.5) is 0 Å². The molecule has 0 unspecified atom stereocenters. The van der Waals surface area contributed by atoms with Crippen molar-refractivity contribution in [3.63, 3.8) is 0 Å². The highest BCUT2D eigenvalue weighted by Gasteiger charge is 2.32. The maximum absolute atomic E-state index is 12.1. The number of amides is 2. The highest BCUT2D eigenvalue weighted by atomic mass is 16.5. The number of nitrogens with one attached hydrogen (secondary N) is 1. The number of hydrogen-bond acceptors (Lipinski definition) is 4. The summed E-state index contributed by atoms with van der Waals surface area (Å²) in [5.74, 6) is -0.836. The molecule has 1 aliphatic rings. The zero-order chi connectivity index (χ0) is 15.3. The molecule has 3 N–H and O–H groups in total. The number of hydrogen-bond donors (Lipinski definition) is 2. The minimum absolute atomic E-state index is 0.00176. The van der Waals surface area contributed by atoms with Crippen molar-refractivity contribution in [2.24, 2.45) is 11.1 Å². The van der Waals surface area contributed by atoms with E-state index in [1.54, 1.807) is 7.11 Å². The molecule has 0 saturated heterocycles. The number of primary amides is 1. The van der Waals surface area contributed by atoms with E-state index in [9.17, 15) is 9.59 Å². The van der Waals surface area contributed by atoms with Gasteiger partial charge in [0.15, 0.2) is 5.76 Å². The van der Waals surface area contributed by atoms with E-state index in [1.807, 2.05) is 0 Å². The SMILES string of the molecule is COCC1(CNC(=O)c2cc(C(N)=O)co2)CCCCC1. The Morgan fingerprint density at radius 2 is 2.10 bits per heavy atom. The van der Waals surface area contributed by atoms with Gasteiger partial charge in [-0.3, -0.25) is 9.59 Å². The lowest BCUT2D eigenvalue weighted by molar-refractivity contribution is 0.0460. The van der Waals surface area contributed by atoms with Gasteiger partial charge >= 0.3 is 0 Å². The molecule has 2 amide bonds. The van der Waals surface area contributed by atoms with E-state index in [4.69, 9.17) is 14.9 Å². The lowest BCUT2D eigenvalue weighted by Crippen LogP contribution is -2.41. The minimum Gasteiger partial charge on any atom is -0.458 e. The van der Waals surface area contributed by atoms with Crippen molar-refractivity contribution < 1.29 is 18.7 Å². The Hall–Kier alpha value is -1.82. The van der Waals surface area contributed by atoms with E-state index >= 15 is 0 Å². The van der Waals surface area contributed by atoms with E-state index in [2.05, 4.69) is 5.32 Å². The van der Waals surface area contributed by atoms with Crippen molar-refractivity contribution in [3.05, 3.63) is 23.7 Å². The van der Waals surface area contributed by atoms with Gasteiger partial charge in [-0.15, -0.1) is 0 Å². The Morgan fingerprint density at radius 3 is 2.67 bits per heavy atom. The summed E-state index contributed by atoms with van der Waals surface area (Å²) in [5, 5.41) is 2.88. The van der Waals surface area contributed by atoms with Crippen LogP contribution < -0.4 is 11.1 Å². The average Bonchev–Trinajstić information content (AvgIpc) is 2.96. The molecule has 1 heterocycles. The first-order chi connectivity index (χ1) is 10.1. The number of methoxy groups -OCH3 is 1. The van der Waals surface area contributed by atoms with Crippen molar-refractivity contribution in [1.82, 2.24) is 5.32 Å². The molecule has 0 bridgehead atoms. The van der Waals surface area contributed by atoms with Crippen LogP contribution in [0.5, 0.6) is 0 Å². The molecule has 1 fully saturated rings. The molecule has 116 valence electrons. The van der Waals surface area contributed by atoms with Gasteiger partial charge in [-0.05, 0) is 12.8 Å². The van der Waals surface area contributed by atoms with Crippen molar-refractivity contribution in [3.8, 4) is 0 Å². The number of rotatable bonds is 6. The summed E-state index contributed by atoms with van der Waals surface area (Å²) in [5.41, 5.74) is 5.33. The normalized spacial score (nSPS) is 17.4. The molecule has 0 spiro atoms. The summed E-state index contributed by atoms with van der Waals surface area (Å²) in [6.45, 7) is 1.18. The minimum atomic E-state index is -0.610. The molecule has 0 aliphatic heterocycles. The summed E-state index contributed by atoms with van der Waals surface area (Å²) in [4.78, 5) is 23.1. The fourth-order valence-corrected chi connectivity index (χ4v) is 2.92. The quantitative estimate of drug-likeness (QED) is 0.835. The van der Waals surface area contributed by atoms with Gasteiger partial charge in [0.1, 0.15) is 6.26 Å². The van der Waals surface area contributed by atoms with Crippen molar-refractivity contribution in [1.29, 1.82) is 0 Å². The van der Waals surface area contributed by atoms with Crippen LogP contribution in [-0.4, -0.2) is 32.1 Å². The van der Waals surface area contributed by atoms with Crippen LogP contribution in [0.2, 0.25) is 0 Å². The molecular weight excluding hydrogens is 272 g/mol. The van der Waals surface area contributed by atoms with Gasteiger partial charge in [0.25, 0.3) is 11.8 Å². The molecular formula is C15H22N2O4. The van der Waals surface area contributed by atoms with Crippen LogP contribution in [-0.2, 0) is 4.74 Å². The summed E-state index contributed by atoms with van der Waals surface area (Å²) in [6, 6.07) is 1.36. The molecule has 6 heteroatoms. The van der Waals surface area contributed by atoms with E-state index in [0.29, 0.717) is 13.2 Å². The number of furan rings is 1. The Balaban J connectivity index is 1.96. The molecule has 1 aromatic rings. The molecule has 2 rings (SSSR count). The summed E-state index contributed by atoms with van der Waals surface area (Å²) < 4.78 is 10.4. The van der Waals surface area contributed by atoms with Crippen molar-refractivity contribution in [2.75, 3.05) is 20.3 Å². The summed E-state index contributed by atoms with van der Waals surface area (Å²) in [6.07, 6.45) is 6.84. The fraction of sp³-hybridized carbons (Fsp3) is 0.600. The molecule has 0 atom stereocenters. The fourth-order valence-electron chi connectivity index (χ4n) is 2.92. The highest BCUT2D eigenvalue weighted by molar-refractivity contribution is 5.97. The third kappa shape index (κ3) is 3.85. The monoisotopic (exact) mass is 294 g/mol. The summed E-state index contributed by atoms with van der Waals surface area (Å²) >= 11 is 0. The Labute approximate surface area is 124 Å². The first-order valence-electron chi connectivity index (χ1n) is 7.22. The molecule has 0 aromatic carbocycles. The Bertz CT molecular complexity index is 498. The highest BCUT2D eigenvalue weighted by Crippen LogP contribution is 2.36. The Kier molecular flexibility index (Phi) is 5.01. The van der Waals surface area contributed by atoms with Crippen LogP contribution in [0.25, 0.3) is 0 Å². The third-order valence-electron chi connectivity index (χ3n) is 4.10. The number of ether oxygens (including phenoxy) is 1. The zero-order valence-electron chi connectivity index (χ0n) is 12.3. The lowest BCUT2D eigenvalue weighted by atomic mass is 9.74. The van der Waals surface area contributed by atoms with Crippen LogP contribution in [0, 0.1) is 5.41 Å². The first kappa shape index (κ1) is 15.6.